The van der Waals surface area contributed by atoms with Crippen LogP contribution in [0.25, 0.3) is 0 Å². The van der Waals surface area contributed by atoms with E-state index in [9.17, 15) is 4.79 Å². The van der Waals surface area contributed by atoms with E-state index in [4.69, 9.17) is 9.84 Å². The average molecular weight is 296 g/mol. The van der Waals surface area contributed by atoms with Crippen molar-refractivity contribution in [3.05, 3.63) is 24.3 Å². The standard InChI is InChI=1S/C16H24O3S/c1-3-4-5-6-7-15(12-16(17)18)20-14-10-8-13(19-2)9-11-14/h8-11,15H,3-7,12H2,1-2H3,(H,17,18). The molecule has 0 amide bonds. The number of benzene rings is 1. The Kier molecular flexibility index (Phi) is 8.19. The van der Waals surface area contributed by atoms with E-state index in [-0.39, 0.29) is 11.7 Å². The molecule has 1 atom stereocenters. The van der Waals surface area contributed by atoms with Crippen LogP contribution in [0.4, 0.5) is 0 Å². The zero-order valence-corrected chi connectivity index (χ0v) is 13.1. The highest BCUT2D eigenvalue weighted by Crippen LogP contribution is 2.30. The predicted octanol–water partition coefficient (Wildman–Crippen LogP) is 4.60. The molecule has 112 valence electrons. The lowest BCUT2D eigenvalue weighted by atomic mass is 10.1. The van der Waals surface area contributed by atoms with Crippen molar-refractivity contribution in [2.24, 2.45) is 0 Å². The van der Waals surface area contributed by atoms with Gasteiger partial charge < -0.3 is 9.84 Å². The van der Waals surface area contributed by atoms with Crippen molar-refractivity contribution in [3.63, 3.8) is 0 Å². The first-order valence-electron chi connectivity index (χ1n) is 7.18. The molecular weight excluding hydrogens is 272 g/mol. The summed E-state index contributed by atoms with van der Waals surface area (Å²) in [6.07, 6.45) is 5.92. The van der Waals surface area contributed by atoms with Gasteiger partial charge in [-0.05, 0) is 30.7 Å². The van der Waals surface area contributed by atoms with Crippen LogP contribution in [-0.2, 0) is 4.79 Å². The van der Waals surface area contributed by atoms with Gasteiger partial charge in [0.2, 0.25) is 0 Å². The second-order valence-electron chi connectivity index (χ2n) is 4.86. The van der Waals surface area contributed by atoms with Crippen molar-refractivity contribution in [1.29, 1.82) is 0 Å². The number of rotatable bonds is 10. The maximum atomic E-state index is 11.0. The molecular formula is C16H24O3S. The number of hydrogen-bond donors (Lipinski definition) is 1. The highest BCUT2D eigenvalue weighted by Gasteiger charge is 2.14. The van der Waals surface area contributed by atoms with E-state index in [0.717, 1.165) is 23.5 Å². The molecule has 0 radical (unpaired) electrons. The Balaban J connectivity index is 2.51. The second kappa shape index (κ2) is 9.70. The van der Waals surface area contributed by atoms with Gasteiger partial charge in [0.05, 0.1) is 13.5 Å². The number of carboxylic acid groups (broad SMARTS) is 1. The lowest BCUT2D eigenvalue weighted by Gasteiger charge is -2.14. The summed E-state index contributed by atoms with van der Waals surface area (Å²) in [7, 11) is 1.64. The second-order valence-corrected chi connectivity index (χ2v) is 6.24. The number of unbranched alkanes of at least 4 members (excludes halogenated alkanes) is 3. The molecule has 1 unspecified atom stereocenters. The Hall–Kier alpha value is -1.16. The summed E-state index contributed by atoms with van der Waals surface area (Å²) in [5, 5.41) is 9.16. The predicted molar refractivity (Wildman–Crippen MR) is 83.7 cm³/mol. The van der Waals surface area contributed by atoms with Crippen molar-refractivity contribution in [1.82, 2.24) is 0 Å². The van der Waals surface area contributed by atoms with E-state index >= 15 is 0 Å². The molecule has 0 aliphatic heterocycles. The Morgan fingerprint density at radius 2 is 1.95 bits per heavy atom. The first-order chi connectivity index (χ1) is 9.65. The summed E-state index contributed by atoms with van der Waals surface area (Å²) >= 11 is 1.66. The van der Waals surface area contributed by atoms with E-state index in [0.29, 0.717) is 0 Å². The summed E-state index contributed by atoms with van der Waals surface area (Å²) in [6.45, 7) is 2.18. The molecule has 4 heteroatoms. The number of ether oxygens (including phenoxy) is 1. The zero-order chi connectivity index (χ0) is 14.8. The van der Waals surface area contributed by atoms with Crippen molar-refractivity contribution in [3.8, 4) is 5.75 Å². The van der Waals surface area contributed by atoms with Gasteiger partial charge in [0.15, 0.2) is 0 Å². The minimum absolute atomic E-state index is 0.151. The van der Waals surface area contributed by atoms with Crippen molar-refractivity contribution >= 4 is 17.7 Å². The van der Waals surface area contributed by atoms with Crippen LogP contribution in [0.5, 0.6) is 5.75 Å². The number of hydrogen-bond acceptors (Lipinski definition) is 3. The third kappa shape index (κ3) is 6.85. The van der Waals surface area contributed by atoms with Gasteiger partial charge in [-0.25, -0.2) is 0 Å². The lowest BCUT2D eigenvalue weighted by Crippen LogP contribution is -2.10. The van der Waals surface area contributed by atoms with Gasteiger partial charge in [0, 0.05) is 10.1 Å². The smallest absolute Gasteiger partial charge is 0.304 e. The molecule has 1 N–H and O–H groups in total. The molecule has 1 rings (SSSR count). The minimum atomic E-state index is -0.716. The van der Waals surface area contributed by atoms with Gasteiger partial charge in [0.1, 0.15) is 5.75 Å². The number of carboxylic acids is 1. The van der Waals surface area contributed by atoms with Gasteiger partial charge in [-0.2, -0.15) is 0 Å². The van der Waals surface area contributed by atoms with Crippen LogP contribution in [-0.4, -0.2) is 23.4 Å². The monoisotopic (exact) mass is 296 g/mol. The number of carbonyl (C=O) groups is 1. The van der Waals surface area contributed by atoms with Crippen LogP contribution in [0, 0.1) is 0 Å². The highest BCUT2D eigenvalue weighted by atomic mass is 32.2. The Labute approximate surface area is 125 Å². The molecule has 0 aliphatic rings. The van der Waals surface area contributed by atoms with Gasteiger partial charge in [-0.3, -0.25) is 4.79 Å². The first-order valence-corrected chi connectivity index (χ1v) is 8.06. The average Bonchev–Trinajstić information content (AvgIpc) is 2.43. The molecule has 0 heterocycles. The molecule has 0 fully saturated rings. The van der Waals surface area contributed by atoms with Crippen LogP contribution >= 0.6 is 11.8 Å². The SMILES string of the molecule is CCCCCCC(CC(=O)O)Sc1ccc(OC)cc1. The van der Waals surface area contributed by atoms with E-state index in [1.54, 1.807) is 18.9 Å². The van der Waals surface area contributed by atoms with Crippen LogP contribution in [0.3, 0.4) is 0 Å². The fourth-order valence-electron chi connectivity index (χ4n) is 2.04. The van der Waals surface area contributed by atoms with Gasteiger partial charge in [-0.1, -0.05) is 32.6 Å². The third-order valence-electron chi connectivity index (χ3n) is 3.14. The fourth-order valence-corrected chi connectivity index (χ4v) is 3.23. The molecule has 0 aromatic heterocycles. The van der Waals surface area contributed by atoms with E-state index in [2.05, 4.69) is 6.92 Å². The highest BCUT2D eigenvalue weighted by molar-refractivity contribution is 8.00. The van der Waals surface area contributed by atoms with Gasteiger partial charge >= 0.3 is 5.97 Å². The molecule has 0 aliphatic carbocycles. The first kappa shape index (κ1) is 16.9. The van der Waals surface area contributed by atoms with Crippen LogP contribution < -0.4 is 4.74 Å². The largest absolute Gasteiger partial charge is 0.497 e. The molecule has 20 heavy (non-hydrogen) atoms. The van der Waals surface area contributed by atoms with Gasteiger partial charge in [0.25, 0.3) is 0 Å². The molecule has 1 aromatic carbocycles. The van der Waals surface area contributed by atoms with Crippen LogP contribution in [0.2, 0.25) is 0 Å². The number of methoxy groups -OCH3 is 1. The zero-order valence-electron chi connectivity index (χ0n) is 12.3. The molecule has 1 aromatic rings. The topological polar surface area (TPSA) is 46.5 Å². The van der Waals surface area contributed by atoms with E-state index in [1.807, 2.05) is 24.3 Å². The quantitative estimate of drug-likeness (QED) is 0.506. The number of aliphatic carboxylic acids is 1. The summed E-state index contributed by atoms with van der Waals surface area (Å²) < 4.78 is 5.13. The molecule has 0 bridgehead atoms. The Morgan fingerprint density at radius 1 is 1.25 bits per heavy atom. The summed E-state index contributed by atoms with van der Waals surface area (Å²) in [4.78, 5) is 12.1. The van der Waals surface area contributed by atoms with Crippen molar-refractivity contribution < 1.29 is 14.6 Å². The van der Waals surface area contributed by atoms with Crippen LogP contribution in [0.15, 0.2) is 29.2 Å². The van der Waals surface area contributed by atoms with Crippen LogP contribution in [0.1, 0.15) is 45.4 Å². The Morgan fingerprint density at radius 3 is 2.50 bits per heavy atom. The fraction of sp³-hybridized carbons (Fsp3) is 0.562. The summed E-state index contributed by atoms with van der Waals surface area (Å²) in [5.41, 5.74) is 0. The lowest BCUT2D eigenvalue weighted by molar-refractivity contribution is -0.137. The van der Waals surface area contributed by atoms with Gasteiger partial charge in [-0.15, -0.1) is 11.8 Å². The maximum Gasteiger partial charge on any atom is 0.304 e. The Bertz CT molecular complexity index is 389. The van der Waals surface area contributed by atoms with Crippen molar-refractivity contribution in [2.75, 3.05) is 7.11 Å². The maximum absolute atomic E-state index is 11.0. The van der Waals surface area contributed by atoms with Crippen molar-refractivity contribution in [2.45, 2.75) is 55.6 Å². The van der Waals surface area contributed by atoms with E-state index < -0.39 is 5.97 Å². The molecule has 0 spiro atoms. The number of thioether (sulfide) groups is 1. The van der Waals surface area contributed by atoms with E-state index in [1.165, 1.54) is 19.3 Å². The minimum Gasteiger partial charge on any atom is -0.497 e. The molecule has 3 nitrogen and oxygen atoms in total. The third-order valence-corrected chi connectivity index (χ3v) is 4.42. The molecule has 0 saturated carbocycles. The summed E-state index contributed by atoms with van der Waals surface area (Å²) in [6, 6.07) is 7.81. The normalized spacial score (nSPS) is 12.1. The molecule has 0 saturated heterocycles. The summed E-state index contributed by atoms with van der Waals surface area (Å²) in [5.74, 6) is 0.110.